The standard InChI is InChI=1S/C21H23N5O2/c1-15-10-19(28-25-15)18-12-22-14-24-20(18)17-8-5-9-26(13-17)21(27)23-11-16-6-3-2-4-7-16/h2-4,6-7,10,12,14,17H,5,8-9,11,13H2,1H3,(H,23,27)/t17-/m1/s1. The maximum atomic E-state index is 12.7. The van der Waals surface area contributed by atoms with E-state index in [1.165, 1.54) is 0 Å². The Hall–Kier alpha value is -3.22. The molecular weight excluding hydrogens is 354 g/mol. The Labute approximate surface area is 163 Å². The number of amides is 2. The van der Waals surface area contributed by atoms with Gasteiger partial charge in [0, 0.05) is 37.8 Å². The highest BCUT2D eigenvalue weighted by Crippen LogP contribution is 2.32. The maximum absolute atomic E-state index is 12.7. The van der Waals surface area contributed by atoms with Crippen molar-refractivity contribution in [3.63, 3.8) is 0 Å². The number of urea groups is 1. The number of likely N-dealkylation sites (tertiary alicyclic amines) is 1. The number of aryl methyl sites for hydroxylation is 1. The summed E-state index contributed by atoms with van der Waals surface area (Å²) in [5, 5.41) is 6.99. The molecule has 2 aromatic heterocycles. The van der Waals surface area contributed by atoms with Crippen molar-refractivity contribution in [3.8, 4) is 11.3 Å². The summed E-state index contributed by atoms with van der Waals surface area (Å²) < 4.78 is 5.42. The number of hydrogen-bond donors (Lipinski definition) is 1. The smallest absolute Gasteiger partial charge is 0.317 e. The molecule has 3 aromatic rings. The Balaban J connectivity index is 1.46. The molecule has 7 heteroatoms. The largest absolute Gasteiger partial charge is 0.356 e. The van der Waals surface area contributed by atoms with Crippen LogP contribution in [0.1, 0.15) is 35.7 Å². The fraction of sp³-hybridized carbons (Fsp3) is 0.333. The lowest BCUT2D eigenvalue weighted by Crippen LogP contribution is -2.44. The minimum absolute atomic E-state index is 0.0420. The van der Waals surface area contributed by atoms with Crippen molar-refractivity contribution in [2.45, 2.75) is 32.2 Å². The summed E-state index contributed by atoms with van der Waals surface area (Å²) in [6.45, 7) is 3.78. The van der Waals surface area contributed by atoms with Crippen LogP contribution in [0.25, 0.3) is 11.3 Å². The van der Waals surface area contributed by atoms with Gasteiger partial charge < -0.3 is 14.7 Å². The zero-order valence-corrected chi connectivity index (χ0v) is 15.8. The number of rotatable bonds is 4. The average Bonchev–Trinajstić information content (AvgIpc) is 3.19. The van der Waals surface area contributed by atoms with Crippen LogP contribution in [-0.2, 0) is 6.54 Å². The van der Waals surface area contributed by atoms with Gasteiger partial charge in [0.2, 0.25) is 0 Å². The van der Waals surface area contributed by atoms with Gasteiger partial charge in [-0.25, -0.2) is 14.8 Å². The van der Waals surface area contributed by atoms with E-state index < -0.39 is 0 Å². The van der Waals surface area contributed by atoms with Crippen LogP contribution >= 0.6 is 0 Å². The van der Waals surface area contributed by atoms with Gasteiger partial charge in [-0.05, 0) is 25.3 Å². The molecule has 1 aliphatic heterocycles. The van der Waals surface area contributed by atoms with Crippen molar-refractivity contribution in [1.29, 1.82) is 0 Å². The monoisotopic (exact) mass is 377 g/mol. The maximum Gasteiger partial charge on any atom is 0.317 e. The highest BCUT2D eigenvalue weighted by Gasteiger charge is 2.28. The lowest BCUT2D eigenvalue weighted by Gasteiger charge is -2.33. The third-order valence-electron chi connectivity index (χ3n) is 5.02. The van der Waals surface area contributed by atoms with Crippen molar-refractivity contribution in [3.05, 3.63) is 65.9 Å². The number of nitrogens with one attached hydrogen (secondary N) is 1. The Bertz CT molecular complexity index is 941. The number of piperidine rings is 1. The fourth-order valence-electron chi connectivity index (χ4n) is 3.61. The van der Waals surface area contributed by atoms with Crippen LogP contribution in [-0.4, -0.2) is 39.1 Å². The molecule has 1 N–H and O–H groups in total. The van der Waals surface area contributed by atoms with Gasteiger partial charge in [-0.3, -0.25) is 0 Å². The zero-order valence-electron chi connectivity index (χ0n) is 15.8. The molecule has 1 fully saturated rings. The first-order chi connectivity index (χ1) is 13.7. The van der Waals surface area contributed by atoms with Gasteiger partial charge in [-0.2, -0.15) is 0 Å². The van der Waals surface area contributed by atoms with E-state index in [2.05, 4.69) is 20.4 Å². The minimum atomic E-state index is -0.0420. The molecule has 4 rings (SSSR count). The third kappa shape index (κ3) is 4.03. The summed E-state index contributed by atoms with van der Waals surface area (Å²) in [5.74, 6) is 0.804. The van der Waals surface area contributed by atoms with Crippen LogP contribution < -0.4 is 5.32 Å². The van der Waals surface area contributed by atoms with Gasteiger partial charge in [0.15, 0.2) is 5.76 Å². The van der Waals surface area contributed by atoms with Gasteiger partial charge in [0.05, 0.1) is 17.0 Å². The van der Waals surface area contributed by atoms with Gasteiger partial charge in [-0.15, -0.1) is 0 Å². The molecule has 0 saturated carbocycles. The lowest BCUT2D eigenvalue weighted by molar-refractivity contribution is 0.178. The van der Waals surface area contributed by atoms with Gasteiger partial charge in [0.25, 0.3) is 0 Å². The molecule has 0 bridgehead atoms. The Morgan fingerprint density at radius 3 is 2.96 bits per heavy atom. The van der Waals surface area contributed by atoms with Crippen molar-refractivity contribution >= 4 is 6.03 Å². The van der Waals surface area contributed by atoms with E-state index in [0.29, 0.717) is 18.8 Å². The van der Waals surface area contributed by atoms with Crippen molar-refractivity contribution in [1.82, 2.24) is 25.3 Å². The van der Waals surface area contributed by atoms with Gasteiger partial charge in [-0.1, -0.05) is 35.5 Å². The van der Waals surface area contributed by atoms with Crippen LogP contribution in [0.15, 0.2) is 53.4 Å². The molecular formula is C21H23N5O2. The van der Waals surface area contributed by atoms with Crippen LogP contribution in [0, 0.1) is 6.92 Å². The van der Waals surface area contributed by atoms with E-state index in [9.17, 15) is 4.79 Å². The molecule has 28 heavy (non-hydrogen) atoms. The summed E-state index contributed by atoms with van der Waals surface area (Å²) in [6.07, 6.45) is 5.22. The highest BCUT2D eigenvalue weighted by molar-refractivity contribution is 5.74. The number of hydrogen-bond acceptors (Lipinski definition) is 5. The third-order valence-corrected chi connectivity index (χ3v) is 5.02. The average molecular weight is 377 g/mol. The summed E-state index contributed by atoms with van der Waals surface area (Å²) in [4.78, 5) is 23.2. The number of benzene rings is 1. The van der Waals surface area contributed by atoms with Crippen LogP contribution in [0.5, 0.6) is 0 Å². The molecule has 1 aliphatic rings. The van der Waals surface area contributed by atoms with Crippen molar-refractivity contribution in [2.24, 2.45) is 0 Å². The van der Waals surface area contributed by atoms with Crippen LogP contribution in [0.2, 0.25) is 0 Å². The van der Waals surface area contributed by atoms with E-state index >= 15 is 0 Å². The summed E-state index contributed by atoms with van der Waals surface area (Å²) in [5.41, 5.74) is 3.66. The Morgan fingerprint density at radius 2 is 2.18 bits per heavy atom. The molecule has 0 aliphatic carbocycles. The van der Waals surface area contributed by atoms with Crippen LogP contribution in [0.4, 0.5) is 4.79 Å². The van der Waals surface area contributed by atoms with E-state index in [4.69, 9.17) is 4.52 Å². The molecule has 1 aromatic carbocycles. The first-order valence-electron chi connectivity index (χ1n) is 9.51. The second-order valence-corrected chi connectivity index (χ2v) is 7.08. The quantitative estimate of drug-likeness (QED) is 0.752. The van der Waals surface area contributed by atoms with E-state index in [1.54, 1.807) is 12.5 Å². The topological polar surface area (TPSA) is 84.2 Å². The summed E-state index contributed by atoms with van der Waals surface area (Å²) in [7, 11) is 0. The molecule has 7 nitrogen and oxygen atoms in total. The second kappa shape index (κ2) is 8.21. The van der Waals surface area contributed by atoms with E-state index in [-0.39, 0.29) is 11.9 Å². The predicted molar refractivity (Wildman–Crippen MR) is 104 cm³/mol. The zero-order chi connectivity index (χ0) is 19.3. The lowest BCUT2D eigenvalue weighted by atomic mass is 9.91. The number of aromatic nitrogens is 3. The molecule has 1 atom stereocenters. The molecule has 0 radical (unpaired) electrons. The van der Waals surface area contributed by atoms with E-state index in [0.717, 1.165) is 41.9 Å². The first kappa shape index (κ1) is 18.2. The molecule has 3 heterocycles. The Kier molecular flexibility index (Phi) is 5.32. The second-order valence-electron chi connectivity index (χ2n) is 7.08. The predicted octanol–water partition coefficient (Wildman–Crippen LogP) is 3.53. The number of carbonyl (C=O) groups excluding carboxylic acids is 1. The first-order valence-corrected chi connectivity index (χ1v) is 9.51. The van der Waals surface area contributed by atoms with Crippen LogP contribution in [0.3, 0.4) is 0 Å². The summed E-state index contributed by atoms with van der Waals surface area (Å²) >= 11 is 0. The molecule has 0 spiro atoms. The number of carbonyl (C=O) groups is 1. The Morgan fingerprint density at radius 1 is 1.32 bits per heavy atom. The number of nitrogens with zero attached hydrogens (tertiary/aromatic N) is 4. The SMILES string of the molecule is Cc1cc(-c2cncnc2[C@@H]2CCCN(C(=O)NCc3ccccc3)C2)on1. The highest BCUT2D eigenvalue weighted by atomic mass is 16.5. The summed E-state index contributed by atoms with van der Waals surface area (Å²) in [6, 6.07) is 11.8. The molecule has 0 unspecified atom stereocenters. The molecule has 144 valence electrons. The minimum Gasteiger partial charge on any atom is -0.356 e. The van der Waals surface area contributed by atoms with E-state index in [1.807, 2.05) is 48.2 Å². The van der Waals surface area contributed by atoms with Crippen molar-refractivity contribution in [2.75, 3.05) is 13.1 Å². The van der Waals surface area contributed by atoms with Gasteiger partial charge >= 0.3 is 6.03 Å². The fourth-order valence-corrected chi connectivity index (χ4v) is 3.61. The van der Waals surface area contributed by atoms with Crippen molar-refractivity contribution < 1.29 is 9.32 Å². The molecule has 2 amide bonds. The normalized spacial score (nSPS) is 16.8. The van der Waals surface area contributed by atoms with Gasteiger partial charge in [0.1, 0.15) is 6.33 Å². The molecule has 1 saturated heterocycles.